The lowest BCUT2D eigenvalue weighted by Gasteiger charge is -2.31. The van der Waals surface area contributed by atoms with Crippen molar-refractivity contribution in [3.8, 4) is 0 Å². The fraction of sp³-hybridized carbons (Fsp3) is 0.818. The summed E-state index contributed by atoms with van der Waals surface area (Å²) < 4.78 is -1.69. The lowest BCUT2D eigenvalue weighted by Crippen LogP contribution is -2.58. The molecule has 1 atom stereocenters. The Balaban J connectivity index is 4.80. The number of nitrogens with zero attached hydrogens (tertiary/aromatic N) is 1. The zero-order valence-corrected chi connectivity index (χ0v) is 14.6. The maximum Gasteiger partial charge on any atom is 0.228 e. The van der Waals surface area contributed by atoms with Crippen LogP contribution in [0.1, 0.15) is 27.7 Å². The zero-order valence-electron chi connectivity index (χ0n) is 11.5. The van der Waals surface area contributed by atoms with Gasteiger partial charge < -0.3 is 15.5 Å². The molecule has 0 aliphatic carbocycles. The smallest absolute Gasteiger partial charge is 0.228 e. The van der Waals surface area contributed by atoms with Crippen LogP contribution in [-0.2, 0) is 4.79 Å². The highest BCUT2D eigenvalue weighted by Gasteiger charge is 2.35. The number of alkyl halides is 3. The molecule has 0 aliphatic heterocycles. The van der Waals surface area contributed by atoms with Crippen LogP contribution in [0, 0.1) is 5.92 Å². The van der Waals surface area contributed by atoms with Crippen molar-refractivity contribution in [2.75, 3.05) is 13.1 Å². The third-order valence-electron chi connectivity index (χ3n) is 2.46. The standard InChI is InChI=1S/C11H20Cl3N3OS/c1-5-17(6-2)10(19)16-9(11(12,13)14)15-8(18)7(3)4/h7,9H,5-6H2,1-4H3,(H,15,18)(H,16,19). The molecule has 4 nitrogen and oxygen atoms in total. The number of carbonyl (C=O) groups is 1. The van der Waals surface area contributed by atoms with Gasteiger partial charge in [-0.2, -0.15) is 0 Å². The van der Waals surface area contributed by atoms with Gasteiger partial charge in [-0.15, -0.1) is 0 Å². The van der Waals surface area contributed by atoms with Crippen LogP contribution in [0.5, 0.6) is 0 Å². The van der Waals surface area contributed by atoms with E-state index in [4.69, 9.17) is 47.0 Å². The van der Waals surface area contributed by atoms with Gasteiger partial charge in [0.15, 0.2) is 5.11 Å². The van der Waals surface area contributed by atoms with Gasteiger partial charge in [0.2, 0.25) is 9.70 Å². The molecule has 0 heterocycles. The van der Waals surface area contributed by atoms with Crippen LogP contribution in [0.2, 0.25) is 0 Å². The van der Waals surface area contributed by atoms with Crippen LogP contribution < -0.4 is 10.6 Å². The van der Waals surface area contributed by atoms with Crippen molar-refractivity contribution in [3.63, 3.8) is 0 Å². The summed E-state index contributed by atoms with van der Waals surface area (Å²) in [5.41, 5.74) is 0. The topological polar surface area (TPSA) is 44.4 Å². The van der Waals surface area contributed by atoms with E-state index in [9.17, 15) is 4.79 Å². The van der Waals surface area contributed by atoms with Crippen molar-refractivity contribution >= 4 is 58.0 Å². The van der Waals surface area contributed by atoms with Gasteiger partial charge in [-0.05, 0) is 26.1 Å². The van der Waals surface area contributed by atoms with Gasteiger partial charge in [0.25, 0.3) is 0 Å². The summed E-state index contributed by atoms with van der Waals surface area (Å²) in [7, 11) is 0. The summed E-state index contributed by atoms with van der Waals surface area (Å²) in [6.45, 7) is 8.91. The predicted octanol–water partition coefficient (Wildman–Crippen LogP) is 2.67. The Bertz CT molecular complexity index is 317. The highest BCUT2D eigenvalue weighted by Crippen LogP contribution is 2.29. The average molecular weight is 349 g/mol. The molecule has 0 saturated carbocycles. The minimum Gasteiger partial charge on any atom is -0.350 e. The van der Waals surface area contributed by atoms with Crippen LogP contribution >= 0.6 is 47.0 Å². The van der Waals surface area contributed by atoms with Crippen LogP contribution in [0.4, 0.5) is 0 Å². The first-order valence-corrected chi connectivity index (χ1v) is 7.60. The van der Waals surface area contributed by atoms with Crippen molar-refractivity contribution in [1.82, 2.24) is 15.5 Å². The van der Waals surface area contributed by atoms with Gasteiger partial charge in [0, 0.05) is 19.0 Å². The number of halogens is 3. The number of amides is 1. The highest BCUT2D eigenvalue weighted by atomic mass is 35.6. The Morgan fingerprint density at radius 1 is 1.21 bits per heavy atom. The molecule has 0 fully saturated rings. The van der Waals surface area contributed by atoms with Gasteiger partial charge in [0.05, 0.1) is 0 Å². The fourth-order valence-electron chi connectivity index (χ4n) is 1.23. The summed E-state index contributed by atoms with van der Waals surface area (Å²) in [5.74, 6) is -0.426. The van der Waals surface area contributed by atoms with Crippen LogP contribution in [0.3, 0.4) is 0 Å². The Hall–Kier alpha value is 0.0300. The molecular weight excluding hydrogens is 329 g/mol. The monoisotopic (exact) mass is 347 g/mol. The molecule has 0 aromatic rings. The van der Waals surface area contributed by atoms with Crippen molar-refractivity contribution in [3.05, 3.63) is 0 Å². The number of carbonyl (C=O) groups excluding carboxylic acids is 1. The van der Waals surface area contributed by atoms with E-state index >= 15 is 0 Å². The van der Waals surface area contributed by atoms with Gasteiger partial charge in [-0.3, -0.25) is 4.79 Å². The molecule has 8 heteroatoms. The largest absolute Gasteiger partial charge is 0.350 e. The third-order valence-corrected chi connectivity index (χ3v) is 3.49. The van der Waals surface area contributed by atoms with E-state index in [1.165, 1.54) is 0 Å². The number of nitrogens with one attached hydrogen (secondary N) is 2. The zero-order chi connectivity index (χ0) is 15.2. The number of rotatable bonds is 5. The lowest BCUT2D eigenvalue weighted by atomic mass is 10.2. The highest BCUT2D eigenvalue weighted by molar-refractivity contribution is 7.80. The Morgan fingerprint density at radius 2 is 1.68 bits per heavy atom. The molecule has 19 heavy (non-hydrogen) atoms. The van der Waals surface area contributed by atoms with E-state index in [0.29, 0.717) is 5.11 Å². The molecule has 1 unspecified atom stereocenters. The van der Waals surface area contributed by atoms with Crippen molar-refractivity contribution in [2.45, 2.75) is 37.7 Å². The lowest BCUT2D eigenvalue weighted by molar-refractivity contribution is -0.124. The van der Waals surface area contributed by atoms with Crippen molar-refractivity contribution < 1.29 is 4.79 Å². The van der Waals surface area contributed by atoms with Crippen LogP contribution in [0.15, 0.2) is 0 Å². The fourth-order valence-corrected chi connectivity index (χ4v) is 1.94. The first-order valence-electron chi connectivity index (χ1n) is 6.05. The molecule has 0 aromatic carbocycles. The molecular formula is C11H20Cl3N3OS. The second kappa shape index (κ2) is 8.35. The predicted molar refractivity (Wildman–Crippen MR) is 85.7 cm³/mol. The minimum absolute atomic E-state index is 0.210. The molecule has 0 bridgehead atoms. The van der Waals surface area contributed by atoms with E-state index in [-0.39, 0.29) is 11.8 Å². The summed E-state index contributed by atoms with van der Waals surface area (Å²) in [6, 6.07) is 0. The van der Waals surface area contributed by atoms with E-state index < -0.39 is 9.96 Å². The second-order valence-electron chi connectivity index (χ2n) is 4.26. The molecule has 112 valence electrons. The normalized spacial score (nSPS) is 13.1. The van der Waals surface area contributed by atoms with Crippen LogP contribution in [0.25, 0.3) is 0 Å². The molecule has 1 amide bonds. The van der Waals surface area contributed by atoms with E-state index in [2.05, 4.69) is 10.6 Å². The summed E-state index contributed by atoms with van der Waals surface area (Å²) >= 11 is 22.8. The molecule has 0 radical (unpaired) electrons. The summed E-state index contributed by atoms with van der Waals surface area (Å²) in [6.07, 6.45) is -0.875. The Labute approximate surface area is 135 Å². The summed E-state index contributed by atoms with van der Waals surface area (Å²) in [5, 5.41) is 5.94. The SMILES string of the molecule is CCN(CC)C(=S)NC(NC(=O)C(C)C)C(Cl)(Cl)Cl. The van der Waals surface area contributed by atoms with E-state index in [1.54, 1.807) is 13.8 Å². The van der Waals surface area contributed by atoms with E-state index in [1.807, 2.05) is 18.7 Å². The molecule has 0 rings (SSSR count). The Morgan fingerprint density at radius 3 is 2.00 bits per heavy atom. The number of hydrogen-bond donors (Lipinski definition) is 2. The van der Waals surface area contributed by atoms with Gasteiger partial charge in [-0.25, -0.2) is 0 Å². The first kappa shape index (κ1) is 19.0. The number of thiocarbonyl (C=S) groups is 1. The van der Waals surface area contributed by atoms with E-state index in [0.717, 1.165) is 13.1 Å². The average Bonchev–Trinajstić information content (AvgIpc) is 2.28. The third kappa shape index (κ3) is 6.84. The molecule has 0 saturated heterocycles. The second-order valence-corrected chi connectivity index (χ2v) is 7.02. The quantitative estimate of drug-likeness (QED) is 0.455. The Kier molecular flexibility index (Phi) is 8.36. The first-order chi connectivity index (χ1) is 8.63. The maximum absolute atomic E-state index is 11.7. The molecule has 0 aliphatic rings. The van der Waals surface area contributed by atoms with Gasteiger partial charge >= 0.3 is 0 Å². The van der Waals surface area contributed by atoms with Gasteiger partial charge in [-0.1, -0.05) is 48.7 Å². The van der Waals surface area contributed by atoms with Crippen molar-refractivity contribution in [1.29, 1.82) is 0 Å². The molecule has 0 aromatic heterocycles. The van der Waals surface area contributed by atoms with Crippen molar-refractivity contribution in [2.24, 2.45) is 5.92 Å². The van der Waals surface area contributed by atoms with Crippen LogP contribution in [-0.4, -0.2) is 39.0 Å². The number of hydrogen-bond acceptors (Lipinski definition) is 2. The summed E-state index contributed by atoms with van der Waals surface area (Å²) in [4.78, 5) is 13.6. The molecule has 0 spiro atoms. The van der Waals surface area contributed by atoms with Gasteiger partial charge in [0.1, 0.15) is 6.17 Å². The molecule has 2 N–H and O–H groups in total. The maximum atomic E-state index is 11.7. The minimum atomic E-state index is -1.69.